The van der Waals surface area contributed by atoms with E-state index < -0.39 is 24.2 Å². The summed E-state index contributed by atoms with van der Waals surface area (Å²) in [5, 5.41) is 12.7. The fourth-order valence-corrected chi connectivity index (χ4v) is 3.93. The van der Waals surface area contributed by atoms with E-state index in [4.69, 9.17) is 0 Å². The lowest BCUT2D eigenvalue weighted by atomic mass is 9.69. The number of nitrogens with one attached hydrogen (secondary N) is 1. The molecule has 0 bridgehead atoms. The van der Waals surface area contributed by atoms with Gasteiger partial charge in [-0.05, 0) is 36.2 Å². The number of amides is 1. The maximum atomic E-state index is 13.5. The third kappa shape index (κ3) is 4.40. The van der Waals surface area contributed by atoms with Crippen molar-refractivity contribution in [1.82, 2.24) is 5.32 Å². The first-order valence-electron chi connectivity index (χ1n) is 9.18. The molecule has 26 heavy (non-hydrogen) atoms. The Kier molecular flexibility index (Phi) is 6.37. The molecule has 1 aromatic carbocycles. The van der Waals surface area contributed by atoms with Crippen molar-refractivity contribution >= 4 is 5.91 Å². The van der Waals surface area contributed by atoms with Gasteiger partial charge in [-0.2, -0.15) is 13.2 Å². The summed E-state index contributed by atoms with van der Waals surface area (Å²) >= 11 is 0. The molecule has 1 saturated carbocycles. The summed E-state index contributed by atoms with van der Waals surface area (Å²) in [6.07, 6.45) is -2.29. The summed E-state index contributed by atoms with van der Waals surface area (Å²) in [7, 11) is 0. The summed E-state index contributed by atoms with van der Waals surface area (Å²) < 4.78 is 40.6. The molecule has 1 aromatic rings. The van der Waals surface area contributed by atoms with Crippen molar-refractivity contribution in [2.24, 2.45) is 23.7 Å². The van der Waals surface area contributed by atoms with Crippen LogP contribution in [0.25, 0.3) is 0 Å². The highest BCUT2D eigenvalue weighted by atomic mass is 19.4. The van der Waals surface area contributed by atoms with Gasteiger partial charge in [0.05, 0.1) is 6.54 Å². The Morgan fingerprint density at radius 2 is 1.85 bits per heavy atom. The fraction of sp³-hybridized carbons (Fsp3) is 0.650. The Morgan fingerprint density at radius 3 is 2.38 bits per heavy atom. The third-order valence-corrected chi connectivity index (χ3v) is 5.60. The minimum atomic E-state index is -4.89. The van der Waals surface area contributed by atoms with E-state index in [9.17, 15) is 23.1 Å². The number of aliphatic hydroxyl groups is 1. The van der Waals surface area contributed by atoms with Crippen LogP contribution in [0.3, 0.4) is 0 Å². The smallest absolute Gasteiger partial charge is 0.375 e. The van der Waals surface area contributed by atoms with Crippen molar-refractivity contribution < 1.29 is 23.1 Å². The highest BCUT2D eigenvalue weighted by Gasteiger charge is 2.55. The van der Waals surface area contributed by atoms with Crippen LogP contribution in [0.1, 0.15) is 45.6 Å². The van der Waals surface area contributed by atoms with Crippen LogP contribution in [0, 0.1) is 23.7 Å². The molecule has 0 radical (unpaired) electrons. The van der Waals surface area contributed by atoms with Crippen molar-refractivity contribution in [2.75, 3.05) is 6.54 Å². The molecule has 1 aliphatic carbocycles. The van der Waals surface area contributed by atoms with Crippen LogP contribution in [0.5, 0.6) is 0 Å². The SMILES string of the molecule is CC1CC[C@@H](C(C)C)[C@H](C(=O)NCC(O)(c2ccccc2)C(F)(F)F)C1. The summed E-state index contributed by atoms with van der Waals surface area (Å²) in [5.74, 6) is 0.105. The van der Waals surface area contributed by atoms with Gasteiger partial charge < -0.3 is 10.4 Å². The van der Waals surface area contributed by atoms with E-state index in [-0.39, 0.29) is 23.3 Å². The summed E-state index contributed by atoms with van der Waals surface area (Å²) in [6.45, 7) is 5.26. The second-order valence-corrected chi connectivity index (χ2v) is 7.87. The number of alkyl halides is 3. The Hall–Kier alpha value is -1.56. The predicted molar refractivity (Wildman–Crippen MR) is 94.2 cm³/mol. The molecule has 1 amide bonds. The lowest BCUT2D eigenvalue weighted by Crippen LogP contribution is -2.52. The van der Waals surface area contributed by atoms with Crippen LogP contribution in [0.15, 0.2) is 30.3 Å². The van der Waals surface area contributed by atoms with Crippen LogP contribution < -0.4 is 5.32 Å². The molecule has 1 aliphatic rings. The zero-order valence-electron chi connectivity index (χ0n) is 15.5. The lowest BCUT2D eigenvalue weighted by molar-refractivity contribution is -0.264. The largest absolute Gasteiger partial charge is 0.423 e. The topological polar surface area (TPSA) is 49.3 Å². The molecule has 3 nitrogen and oxygen atoms in total. The van der Waals surface area contributed by atoms with Gasteiger partial charge in [-0.1, -0.05) is 57.5 Å². The molecule has 0 spiro atoms. The van der Waals surface area contributed by atoms with Crippen molar-refractivity contribution in [3.63, 3.8) is 0 Å². The van der Waals surface area contributed by atoms with Crippen molar-refractivity contribution in [2.45, 2.75) is 51.8 Å². The number of hydrogen-bond donors (Lipinski definition) is 2. The van der Waals surface area contributed by atoms with Gasteiger partial charge in [0, 0.05) is 5.92 Å². The molecule has 0 aliphatic heterocycles. The second kappa shape index (κ2) is 7.99. The van der Waals surface area contributed by atoms with Crippen LogP contribution in [-0.4, -0.2) is 23.7 Å². The van der Waals surface area contributed by atoms with E-state index in [1.165, 1.54) is 24.3 Å². The zero-order valence-corrected chi connectivity index (χ0v) is 15.5. The molecule has 2 unspecified atom stereocenters. The van der Waals surface area contributed by atoms with Gasteiger partial charge in [-0.3, -0.25) is 4.79 Å². The van der Waals surface area contributed by atoms with Crippen LogP contribution >= 0.6 is 0 Å². The molecular weight excluding hydrogens is 343 g/mol. The predicted octanol–water partition coefficient (Wildman–Crippen LogP) is 4.26. The average molecular weight is 371 g/mol. The standard InChI is InChI=1S/C20H28F3NO2/c1-13(2)16-10-9-14(3)11-17(16)18(25)24-12-19(26,20(21,22)23)15-7-5-4-6-8-15/h4-8,13-14,16-17,26H,9-12H2,1-3H3,(H,24,25)/t14?,16-,17+,19?/m0/s1. The first-order valence-corrected chi connectivity index (χ1v) is 9.18. The summed E-state index contributed by atoms with van der Waals surface area (Å²) in [6, 6.07) is 6.89. The number of hydrogen-bond acceptors (Lipinski definition) is 2. The van der Waals surface area contributed by atoms with Crippen molar-refractivity contribution in [3.8, 4) is 0 Å². The molecule has 6 heteroatoms. The van der Waals surface area contributed by atoms with Gasteiger partial charge in [-0.25, -0.2) is 0 Å². The van der Waals surface area contributed by atoms with Gasteiger partial charge in [0.15, 0.2) is 0 Å². The van der Waals surface area contributed by atoms with E-state index in [0.29, 0.717) is 12.3 Å². The monoisotopic (exact) mass is 371 g/mol. The molecule has 1 fully saturated rings. The number of halogens is 3. The van der Waals surface area contributed by atoms with Crippen LogP contribution in [0.2, 0.25) is 0 Å². The number of carbonyl (C=O) groups is 1. The molecule has 2 N–H and O–H groups in total. The Balaban J connectivity index is 2.16. The zero-order chi connectivity index (χ0) is 19.5. The van der Waals surface area contributed by atoms with E-state index in [0.717, 1.165) is 12.8 Å². The van der Waals surface area contributed by atoms with E-state index in [2.05, 4.69) is 12.2 Å². The number of carbonyl (C=O) groups excluding carboxylic acids is 1. The molecular formula is C20H28F3NO2. The maximum Gasteiger partial charge on any atom is 0.423 e. The minimum Gasteiger partial charge on any atom is -0.375 e. The van der Waals surface area contributed by atoms with Gasteiger partial charge in [0.25, 0.3) is 0 Å². The Morgan fingerprint density at radius 1 is 1.23 bits per heavy atom. The fourth-order valence-electron chi connectivity index (χ4n) is 3.93. The van der Waals surface area contributed by atoms with E-state index >= 15 is 0 Å². The quantitative estimate of drug-likeness (QED) is 0.812. The molecule has 0 saturated heterocycles. The molecule has 2 rings (SSSR count). The van der Waals surface area contributed by atoms with Gasteiger partial charge in [0.1, 0.15) is 0 Å². The van der Waals surface area contributed by atoms with Crippen molar-refractivity contribution in [1.29, 1.82) is 0 Å². The third-order valence-electron chi connectivity index (χ3n) is 5.60. The Bertz CT molecular complexity index is 603. The summed E-state index contributed by atoms with van der Waals surface area (Å²) in [5.41, 5.74) is -3.37. The minimum absolute atomic E-state index is 0.155. The highest BCUT2D eigenvalue weighted by molar-refractivity contribution is 5.79. The first-order chi connectivity index (χ1) is 12.1. The van der Waals surface area contributed by atoms with Crippen molar-refractivity contribution in [3.05, 3.63) is 35.9 Å². The van der Waals surface area contributed by atoms with E-state index in [1.54, 1.807) is 6.07 Å². The Labute approximate surface area is 153 Å². The average Bonchev–Trinajstić information content (AvgIpc) is 2.58. The number of benzene rings is 1. The molecule has 0 aromatic heterocycles. The van der Waals surface area contributed by atoms with Crippen LogP contribution in [0.4, 0.5) is 13.2 Å². The lowest BCUT2D eigenvalue weighted by Gasteiger charge is -2.37. The highest BCUT2D eigenvalue weighted by Crippen LogP contribution is 2.40. The maximum absolute atomic E-state index is 13.5. The van der Waals surface area contributed by atoms with E-state index in [1.807, 2.05) is 13.8 Å². The number of rotatable bonds is 5. The summed E-state index contributed by atoms with van der Waals surface area (Å²) in [4.78, 5) is 12.7. The van der Waals surface area contributed by atoms with Gasteiger partial charge >= 0.3 is 6.18 Å². The normalized spacial score (nSPS) is 26.4. The second-order valence-electron chi connectivity index (χ2n) is 7.87. The van der Waals surface area contributed by atoms with Crippen LogP contribution in [-0.2, 0) is 10.4 Å². The molecule has 4 atom stereocenters. The van der Waals surface area contributed by atoms with Gasteiger partial charge in [0.2, 0.25) is 11.5 Å². The first kappa shape index (κ1) is 20.7. The molecule has 146 valence electrons. The molecule has 0 heterocycles. The van der Waals surface area contributed by atoms with Gasteiger partial charge in [-0.15, -0.1) is 0 Å².